The number of oxazole rings is 1. The molecule has 0 bridgehead atoms. The largest absolute Gasteiger partial charge is 0.441 e. The molecule has 8 nitrogen and oxygen atoms in total. The molecule has 0 aliphatic heterocycles. The van der Waals surface area contributed by atoms with Crippen molar-refractivity contribution in [2.45, 2.75) is 34.2 Å². The fourth-order valence-electron chi connectivity index (χ4n) is 3.71. The van der Waals surface area contributed by atoms with Gasteiger partial charge in [0.25, 0.3) is 0 Å². The summed E-state index contributed by atoms with van der Waals surface area (Å²) in [6.07, 6.45) is 0. The second kappa shape index (κ2) is 8.05. The summed E-state index contributed by atoms with van der Waals surface area (Å²) in [5.41, 5.74) is 5.73. The first kappa shape index (κ1) is 20.7. The van der Waals surface area contributed by atoms with Gasteiger partial charge in [0, 0.05) is 23.0 Å². The molecule has 8 heteroatoms. The third kappa shape index (κ3) is 3.91. The maximum absolute atomic E-state index is 13.3. The summed E-state index contributed by atoms with van der Waals surface area (Å²) >= 11 is 0. The van der Waals surface area contributed by atoms with E-state index in [1.165, 1.54) is 14.6 Å². The fourth-order valence-corrected chi connectivity index (χ4v) is 3.71. The SMILES string of the molecule is Cc1cc2nn(Cc3nc(-c4ccccc4)oc3C)c(=O)n2c(Nc2ccc(C)c(C)c2)n1. The number of hydrogen-bond donors (Lipinski definition) is 1. The Hall–Kier alpha value is -4.20. The molecule has 5 aromatic rings. The number of fused-ring (bicyclic) bond motifs is 1. The van der Waals surface area contributed by atoms with Gasteiger partial charge in [-0.05, 0) is 63.1 Å². The van der Waals surface area contributed by atoms with Crippen LogP contribution in [0.1, 0.15) is 28.3 Å². The number of rotatable bonds is 5. The van der Waals surface area contributed by atoms with Crippen LogP contribution < -0.4 is 11.0 Å². The van der Waals surface area contributed by atoms with Crippen LogP contribution in [-0.4, -0.2) is 24.1 Å². The monoisotopic (exact) mass is 440 g/mol. The van der Waals surface area contributed by atoms with Gasteiger partial charge >= 0.3 is 5.69 Å². The second-order valence-corrected chi connectivity index (χ2v) is 8.17. The van der Waals surface area contributed by atoms with Gasteiger partial charge in [0.15, 0.2) is 5.65 Å². The highest BCUT2D eigenvalue weighted by atomic mass is 16.4. The van der Waals surface area contributed by atoms with E-state index in [2.05, 4.69) is 27.3 Å². The van der Waals surface area contributed by atoms with E-state index in [0.717, 1.165) is 22.5 Å². The first-order valence-corrected chi connectivity index (χ1v) is 10.7. The van der Waals surface area contributed by atoms with Crippen LogP contribution in [0.25, 0.3) is 17.1 Å². The van der Waals surface area contributed by atoms with Gasteiger partial charge in [-0.3, -0.25) is 0 Å². The van der Waals surface area contributed by atoms with E-state index in [4.69, 9.17) is 4.42 Å². The Balaban J connectivity index is 1.53. The van der Waals surface area contributed by atoms with Gasteiger partial charge in [0.2, 0.25) is 11.8 Å². The third-order valence-electron chi connectivity index (χ3n) is 5.67. The van der Waals surface area contributed by atoms with Crippen molar-refractivity contribution in [2.75, 3.05) is 5.32 Å². The fraction of sp³-hybridized carbons (Fsp3) is 0.200. The minimum Gasteiger partial charge on any atom is -0.441 e. The molecule has 1 N–H and O–H groups in total. The molecule has 0 aliphatic carbocycles. The number of nitrogens with zero attached hydrogens (tertiary/aromatic N) is 5. The van der Waals surface area contributed by atoms with Crippen LogP contribution in [-0.2, 0) is 6.54 Å². The number of aryl methyl sites for hydroxylation is 4. The highest BCUT2D eigenvalue weighted by molar-refractivity contribution is 5.59. The average molecular weight is 441 g/mol. The van der Waals surface area contributed by atoms with Gasteiger partial charge in [-0.15, -0.1) is 5.10 Å². The number of nitrogens with one attached hydrogen (secondary N) is 1. The molecule has 0 amide bonds. The van der Waals surface area contributed by atoms with Gasteiger partial charge in [-0.25, -0.2) is 23.8 Å². The molecule has 5 rings (SSSR count). The molecular weight excluding hydrogens is 416 g/mol. The van der Waals surface area contributed by atoms with Crippen molar-refractivity contribution in [1.82, 2.24) is 24.1 Å². The number of hydrogen-bond acceptors (Lipinski definition) is 6. The number of anilines is 2. The van der Waals surface area contributed by atoms with Gasteiger partial charge in [-0.2, -0.15) is 0 Å². The average Bonchev–Trinajstić information content (AvgIpc) is 3.31. The maximum Gasteiger partial charge on any atom is 0.353 e. The van der Waals surface area contributed by atoms with Crippen LogP contribution in [0.4, 0.5) is 11.6 Å². The van der Waals surface area contributed by atoms with E-state index in [0.29, 0.717) is 28.9 Å². The van der Waals surface area contributed by atoms with Crippen LogP contribution in [0.2, 0.25) is 0 Å². The number of benzene rings is 2. The highest BCUT2D eigenvalue weighted by Crippen LogP contribution is 2.22. The van der Waals surface area contributed by atoms with E-state index in [1.54, 1.807) is 6.07 Å². The Kier molecular flexibility index (Phi) is 5.05. The highest BCUT2D eigenvalue weighted by Gasteiger charge is 2.17. The lowest BCUT2D eigenvalue weighted by molar-refractivity contribution is 0.535. The summed E-state index contributed by atoms with van der Waals surface area (Å²) in [4.78, 5) is 22.5. The van der Waals surface area contributed by atoms with Gasteiger partial charge in [-0.1, -0.05) is 24.3 Å². The zero-order valence-electron chi connectivity index (χ0n) is 19.0. The summed E-state index contributed by atoms with van der Waals surface area (Å²) in [6.45, 7) is 8.03. The topological polar surface area (TPSA) is 90.2 Å². The van der Waals surface area contributed by atoms with Crippen molar-refractivity contribution in [3.8, 4) is 11.5 Å². The minimum absolute atomic E-state index is 0.199. The summed E-state index contributed by atoms with van der Waals surface area (Å²) in [5.74, 6) is 1.60. The molecule has 0 atom stereocenters. The Labute approximate surface area is 190 Å². The smallest absolute Gasteiger partial charge is 0.353 e. The van der Waals surface area contributed by atoms with E-state index in [-0.39, 0.29) is 12.2 Å². The van der Waals surface area contributed by atoms with Crippen molar-refractivity contribution in [3.63, 3.8) is 0 Å². The Morgan fingerprint density at radius 2 is 1.73 bits per heavy atom. The molecule has 0 spiro atoms. The summed E-state index contributed by atoms with van der Waals surface area (Å²) in [5, 5.41) is 7.81. The van der Waals surface area contributed by atoms with Crippen LogP contribution in [0.3, 0.4) is 0 Å². The van der Waals surface area contributed by atoms with Crippen LogP contribution in [0.5, 0.6) is 0 Å². The van der Waals surface area contributed by atoms with Crippen LogP contribution in [0, 0.1) is 27.7 Å². The standard InChI is InChI=1S/C25H24N6O2/c1-15-10-11-20(12-16(15)2)27-24-26-17(3)13-22-29-30(25(32)31(22)24)14-21-18(4)33-23(28-21)19-8-6-5-7-9-19/h5-13H,14H2,1-4H3,(H,26,27). The third-order valence-corrected chi connectivity index (χ3v) is 5.67. The quantitative estimate of drug-likeness (QED) is 0.431. The van der Waals surface area contributed by atoms with Crippen molar-refractivity contribution < 1.29 is 4.42 Å². The molecule has 0 unspecified atom stereocenters. The van der Waals surface area contributed by atoms with Gasteiger partial charge in [0.1, 0.15) is 11.5 Å². The Morgan fingerprint density at radius 3 is 2.48 bits per heavy atom. The van der Waals surface area contributed by atoms with Crippen LogP contribution in [0.15, 0.2) is 63.8 Å². The van der Waals surface area contributed by atoms with E-state index >= 15 is 0 Å². The lowest BCUT2D eigenvalue weighted by Crippen LogP contribution is -2.23. The zero-order valence-corrected chi connectivity index (χ0v) is 19.0. The van der Waals surface area contributed by atoms with E-state index in [1.807, 2.05) is 69.3 Å². The number of aromatic nitrogens is 5. The molecular formula is C25H24N6O2. The summed E-state index contributed by atoms with van der Waals surface area (Å²) < 4.78 is 8.72. The minimum atomic E-state index is -0.299. The molecule has 166 valence electrons. The molecule has 0 saturated carbocycles. The molecule has 0 saturated heterocycles. The predicted molar refractivity (Wildman–Crippen MR) is 127 cm³/mol. The summed E-state index contributed by atoms with van der Waals surface area (Å²) in [6, 6.07) is 17.5. The van der Waals surface area contributed by atoms with Crippen molar-refractivity contribution in [1.29, 1.82) is 0 Å². The molecule has 2 aromatic carbocycles. The van der Waals surface area contributed by atoms with Crippen molar-refractivity contribution in [3.05, 3.63) is 93.4 Å². The summed E-state index contributed by atoms with van der Waals surface area (Å²) in [7, 11) is 0. The van der Waals surface area contributed by atoms with Crippen molar-refractivity contribution >= 4 is 17.3 Å². The molecule has 3 aromatic heterocycles. The second-order valence-electron chi connectivity index (χ2n) is 8.17. The molecule has 0 radical (unpaired) electrons. The van der Waals surface area contributed by atoms with Gasteiger partial charge in [0.05, 0.1) is 6.54 Å². The predicted octanol–water partition coefficient (Wildman–Crippen LogP) is 4.57. The van der Waals surface area contributed by atoms with Crippen molar-refractivity contribution in [2.24, 2.45) is 0 Å². The molecule has 0 aliphatic rings. The Bertz CT molecular complexity index is 1530. The molecule has 33 heavy (non-hydrogen) atoms. The lowest BCUT2D eigenvalue weighted by atomic mass is 10.1. The molecule has 0 fully saturated rings. The maximum atomic E-state index is 13.3. The zero-order chi connectivity index (χ0) is 23.1. The Morgan fingerprint density at radius 1 is 0.939 bits per heavy atom. The van der Waals surface area contributed by atoms with Gasteiger partial charge < -0.3 is 9.73 Å². The molecule has 3 heterocycles. The van der Waals surface area contributed by atoms with E-state index in [9.17, 15) is 4.79 Å². The lowest BCUT2D eigenvalue weighted by Gasteiger charge is -2.09. The van der Waals surface area contributed by atoms with E-state index < -0.39 is 0 Å². The normalized spacial score (nSPS) is 11.3. The first-order chi connectivity index (χ1) is 15.9. The first-order valence-electron chi connectivity index (χ1n) is 10.7. The van der Waals surface area contributed by atoms with Crippen LogP contribution >= 0.6 is 0 Å².